The maximum absolute atomic E-state index is 14.1. The van der Waals surface area contributed by atoms with Gasteiger partial charge in [-0.2, -0.15) is 13.2 Å². The van der Waals surface area contributed by atoms with Gasteiger partial charge in [-0.3, -0.25) is 4.79 Å². The molecule has 2 aromatic rings. The number of hydrogen-bond acceptors (Lipinski definition) is 3. The largest absolute Gasteiger partial charge is 0.462 e. The van der Waals surface area contributed by atoms with E-state index in [2.05, 4.69) is 5.32 Å². The molecule has 0 saturated heterocycles. The molecular formula is C28H37F3N2O3. The van der Waals surface area contributed by atoms with Crippen LogP contribution in [0, 0.1) is 12.8 Å². The minimum atomic E-state index is -4.63. The van der Waals surface area contributed by atoms with E-state index in [4.69, 9.17) is 4.74 Å². The number of benzene rings is 1. The van der Waals surface area contributed by atoms with Crippen molar-refractivity contribution in [1.29, 1.82) is 0 Å². The first-order chi connectivity index (χ1) is 16.8. The van der Waals surface area contributed by atoms with Crippen molar-refractivity contribution in [3.8, 4) is 11.3 Å². The van der Waals surface area contributed by atoms with E-state index in [0.29, 0.717) is 35.0 Å². The number of alkyl halides is 3. The van der Waals surface area contributed by atoms with Crippen molar-refractivity contribution in [2.24, 2.45) is 5.92 Å². The lowest BCUT2D eigenvalue weighted by Crippen LogP contribution is -2.41. The van der Waals surface area contributed by atoms with Gasteiger partial charge in [0, 0.05) is 23.5 Å². The number of hydrogen-bond donors (Lipinski definition) is 1. The first-order valence-electron chi connectivity index (χ1n) is 12.7. The van der Waals surface area contributed by atoms with Crippen LogP contribution in [0.2, 0.25) is 0 Å². The molecule has 1 aliphatic carbocycles. The second kappa shape index (κ2) is 11.1. The van der Waals surface area contributed by atoms with Crippen LogP contribution in [0.25, 0.3) is 11.3 Å². The van der Waals surface area contributed by atoms with Gasteiger partial charge in [0.05, 0.1) is 24.2 Å². The van der Waals surface area contributed by atoms with Gasteiger partial charge in [-0.15, -0.1) is 0 Å². The topological polar surface area (TPSA) is 60.3 Å². The predicted octanol–water partition coefficient (Wildman–Crippen LogP) is 6.70. The van der Waals surface area contributed by atoms with Crippen molar-refractivity contribution in [2.45, 2.75) is 91.4 Å². The molecule has 0 atom stereocenters. The second-order valence-electron chi connectivity index (χ2n) is 10.7. The fourth-order valence-electron chi connectivity index (χ4n) is 4.95. The highest BCUT2D eigenvalue weighted by atomic mass is 19.4. The molecule has 1 fully saturated rings. The van der Waals surface area contributed by atoms with Crippen LogP contribution in [0.5, 0.6) is 0 Å². The molecule has 1 aliphatic rings. The van der Waals surface area contributed by atoms with Crippen molar-refractivity contribution >= 4 is 11.9 Å². The number of carbonyl (C=O) groups excluding carboxylic acids is 2. The number of aromatic nitrogens is 1. The molecule has 1 saturated carbocycles. The van der Waals surface area contributed by atoms with Gasteiger partial charge in [0.15, 0.2) is 0 Å². The Hall–Kier alpha value is -2.77. The van der Waals surface area contributed by atoms with Crippen LogP contribution in [0.15, 0.2) is 24.3 Å². The number of amides is 1. The molecule has 1 aromatic carbocycles. The Labute approximate surface area is 211 Å². The van der Waals surface area contributed by atoms with Gasteiger partial charge in [0.2, 0.25) is 5.91 Å². The molecule has 198 valence electrons. The lowest BCUT2D eigenvalue weighted by atomic mass is 9.89. The van der Waals surface area contributed by atoms with Crippen LogP contribution in [0.1, 0.15) is 87.0 Å². The molecule has 3 rings (SSSR count). The summed E-state index contributed by atoms with van der Waals surface area (Å²) in [6, 6.07) is 5.71. The van der Waals surface area contributed by atoms with Gasteiger partial charge in [-0.05, 0) is 76.6 Å². The Morgan fingerprint density at radius 2 is 1.75 bits per heavy atom. The van der Waals surface area contributed by atoms with Crippen LogP contribution >= 0.6 is 0 Å². The van der Waals surface area contributed by atoms with E-state index in [1.54, 1.807) is 39.8 Å². The number of nitrogens with zero attached hydrogens (tertiary/aromatic N) is 1. The Morgan fingerprint density at radius 1 is 1.08 bits per heavy atom. The Balaban J connectivity index is 2.06. The summed E-state index contributed by atoms with van der Waals surface area (Å²) in [7, 11) is 0. The molecular weight excluding hydrogens is 469 g/mol. The number of halogens is 3. The summed E-state index contributed by atoms with van der Waals surface area (Å²) >= 11 is 0. The lowest BCUT2D eigenvalue weighted by molar-refractivity contribution is -0.138. The van der Waals surface area contributed by atoms with Crippen molar-refractivity contribution in [2.75, 3.05) is 6.61 Å². The monoisotopic (exact) mass is 506 g/mol. The summed E-state index contributed by atoms with van der Waals surface area (Å²) in [6.07, 6.45) is 0.573. The van der Waals surface area contributed by atoms with Crippen LogP contribution in [0.4, 0.5) is 13.2 Å². The summed E-state index contributed by atoms with van der Waals surface area (Å²) in [5, 5.41) is 2.72. The maximum Gasteiger partial charge on any atom is 0.416 e. The van der Waals surface area contributed by atoms with E-state index in [1.807, 2.05) is 11.5 Å². The fourth-order valence-corrected chi connectivity index (χ4v) is 4.95. The third-order valence-electron chi connectivity index (χ3n) is 6.60. The van der Waals surface area contributed by atoms with Gasteiger partial charge in [-0.1, -0.05) is 31.4 Å². The van der Waals surface area contributed by atoms with E-state index < -0.39 is 29.2 Å². The van der Waals surface area contributed by atoms with E-state index in [-0.39, 0.29) is 18.6 Å². The number of esters is 1. The molecule has 36 heavy (non-hydrogen) atoms. The zero-order valence-corrected chi connectivity index (χ0v) is 21.8. The van der Waals surface area contributed by atoms with E-state index in [1.165, 1.54) is 12.5 Å². The van der Waals surface area contributed by atoms with Gasteiger partial charge < -0.3 is 14.6 Å². The maximum atomic E-state index is 14.1. The fraction of sp³-hybridized carbons (Fsp3) is 0.571. The molecule has 1 aromatic heterocycles. The zero-order chi connectivity index (χ0) is 26.7. The highest BCUT2D eigenvalue weighted by Crippen LogP contribution is 2.37. The van der Waals surface area contributed by atoms with Crippen LogP contribution in [0.3, 0.4) is 0 Å². The number of rotatable bonds is 7. The van der Waals surface area contributed by atoms with Crippen molar-refractivity contribution in [1.82, 2.24) is 9.88 Å². The molecule has 0 radical (unpaired) electrons. The minimum Gasteiger partial charge on any atom is -0.462 e. The Kier molecular flexibility index (Phi) is 8.57. The Morgan fingerprint density at radius 3 is 2.33 bits per heavy atom. The summed E-state index contributed by atoms with van der Waals surface area (Å²) in [6.45, 7) is 9.72. The second-order valence-corrected chi connectivity index (χ2v) is 10.7. The highest BCUT2D eigenvalue weighted by molar-refractivity contribution is 5.93. The van der Waals surface area contributed by atoms with Crippen molar-refractivity contribution in [3.05, 3.63) is 46.6 Å². The molecule has 8 heteroatoms. The summed E-state index contributed by atoms with van der Waals surface area (Å²) in [4.78, 5) is 25.0. The van der Waals surface area contributed by atoms with Gasteiger partial charge >= 0.3 is 12.1 Å². The summed E-state index contributed by atoms with van der Waals surface area (Å²) in [5.74, 6) is -0.548. The average Bonchev–Trinajstić information content (AvgIpc) is 3.09. The number of carbonyl (C=O) groups is 2. The van der Waals surface area contributed by atoms with E-state index in [9.17, 15) is 22.8 Å². The first-order valence-corrected chi connectivity index (χ1v) is 12.7. The van der Waals surface area contributed by atoms with Crippen LogP contribution < -0.4 is 5.32 Å². The quantitative estimate of drug-likeness (QED) is 0.425. The van der Waals surface area contributed by atoms with Gasteiger partial charge in [0.1, 0.15) is 0 Å². The third kappa shape index (κ3) is 6.92. The summed E-state index contributed by atoms with van der Waals surface area (Å²) < 4.78 is 49.5. The molecule has 1 N–H and O–H groups in total. The first kappa shape index (κ1) is 27.8. The standard InChI is InChI=1S/C28H37F3N2O3/c1-6-36-26(35)22-16-24(33(18(22)2)17-19-10-8-7-9-11-19)21-13-12-20(23(14-21)28(29,30)31)15-25(34)32-27(3,4)5/h12-14,16,19H,6-11,15,17H2,1-5H3,(H,32,34). The molecule has 0 bridgehead atoms. The van der Waals surface area contributed by atoms with Crippen molar-refractivity contribution < 1.29 is 27.5 Å². The van der Waals surface area contributed by atoms with Crippen LogP contribution in [-0.2, 0) is 28.7 Å². The van der Waals surface area contributed by atoms with E-state index in [0.717, 1.165) is 31.7 Å². The van der Waals surface area contributed by atoms with Gasteiger partial charge in [-0.25, -0.2) is 4.79 Å². The third-order valence-corrected chi connectivity index (χ3v) is 6.60. The molecule has 1 amide bonds. The Bertz CT molecular complexity index is 1090. The lowest BCUT2D eigenvalue weighted by Gasteiger charge is -2.24. The molecule has 1 heterocycles. The van der Waals surface area contributed by atoms with Crippen LogP contribution in [-0.4, -0.2) is 28.6 Å². The van der Waals surface area contributed by atoms with Gasteiger partial charge in [0.25, 0.3) is 0 Å². The van der Waals surface area contributed by atoms with E-state index >= 15 is 0 Å². The number of ether oxygens (including phenoxy) is 1. The molecule has 5 nitrogen and oxygen atoms in total. The smallest absolute Gasteiger partial charge is 0.416 e. The molecule has 0 unspecified atom stereocenters. The number of nitrogens with one attached hydrogen (secondary N) is 1. The SMILES string of the molecule is CCOC(=O)c1cc(-c2ccc(CC(=O)NC(C)(C)C)c(C(F)(F)F)c2)n(CC2CCCCC2)c1C. The predicted molar refractivity (Wildman–Crippen MR) is 134 cm³/mol. The van der Waals surface area contributed by atoms with Crippen molar-refractivity contribution in [3.63, 3.8) is 0 Å². The summed E-state index contributed by atoms with van der Waals surface area (Å²) in [5.41, 5.74) is 0.497. The normalized spacial score (nSPS) is 15.1. The minimum absolute atomic E-state index is 0.0827. The zero-order valence-electron chi connectivity index (χ0n) is 21.8. The molecule has 0 aliphatic heterocycles. The molecule has 0 spiro atoms. The highest BCUT2D eigenvalue weighted by Gasteiger charge is 2.35. The average molecular weight is 507 g/mol.